The molecule has 1 aromatic carbocycles. The van der Waals surface area contributed by atoms with Crippen molar-refractivity contribution in [1.82, 2.24) is 10.2 Å². The van der Waals surface area contributed by atoms with Crippen LogP contribution in [0.5, 0.6) is 0 Å². The number of nitrogens with one attached hydrogen (secondary N) is 1. The van der Waals surface area contributed by atoms with Gasteiger partial charge in [0.2, 0.25) is 11.8 Å². The predicted octanol–water partition coefficient (Wildman–Crippen LogP) is 2.11. The van der Waals surface area contributed by atoms with Crippen LogP contribution in [0.1, 0.15) is 25.3 Å². The van der Waals surface area contributed by atoms with Crippen LogP contribution in [-0.4, -0.2) is 28.8 Å². The maximum atomic E-state index is 13.8. The number of benzene rings is 1. The fraction of sp³-hybridized carbons (Fsp3) is 0.467. The minimum absolute atomic E-state index is 0.0485. The molecule has 0 aromatic heterocycles. The summed E-state index contributed by atoms with van der Waals surface area (Å²) in [6, 6.07) is 4.22. The van der Waals surface area contributed by atoms with Gasteiger partial charge in [-0.25, -0.2) is 4.39 Å². The molecule has 4 nitrogen and oxygen atoms in total. The quantitative estimate of drug-likeness (QED) is 0.929. The van der Waals surface area contributed by atoms with E-state index in [2.05, 4.69) is 5.32 Å². The van der Waals surface area contributed by atoms with Gasteiger partial charge in [0.05, 0.1) is 6.54 Å². The van der Waals surface area contributed by atoms with Crippen LogP contribution in [0.2, 0.25) is 5.02 Å². The van der Waals surface area contributed by atoms with Gasteiger partial charge >= 0.3 is 0 Å². The zero-order valence-corrected chi connectivity index (χ0v) is 12.4. The first-order valence-electron chi connectivity index (χ1n) is 6.94. The molecule has 1 saturated carbocycles. The van der Waals surface area contributed by atoms with E-state index >= 15 is 0 Å². The Morgan fingerprint density at radius 2 is 2.14 bits per heavy atom. The summed E-state index contributed by atoms with van der Waals surface area (Å²) >= 11 is 5.87. The van der Waals surface area contributed by atoms with Crippen molar-refractivity contribution in [1.29, 1.82) is 0 Å². The molecule has 1 N–H and O–H groups in total. The Bertz CT molecular complexity index is 618. The second-order valence-corrected chi connectivity index (χ2v) is 6.36. The second kappa shape index (κ2) is 4.98. The van der Waals surface area contributed by atoms with Gasteiger partial charge in [0.25, 0.3) is 0 Å². The molecule has 2 amide bonds. The van der Waals surface area contributed by atoms with Crippen molar-refractivity contribution in [2.75, 3.05) is 6.54 Å². The highest BCUT2D eigenvalue weighted by atomic mass is 35.5. The van der Waals surface area contributed by atoms with Crippen molar-refractivity contribution in [3.8, 4) is 0 Å². The molecule has 112 valence electrons. The lowest BCUT2D eigenvalue weighted by atomic mass is 9.91. The predicted molar refractivity (Wildman–Crippen MR) is 76.1 cm³/mol. The van der Waals surface area contributed by atoms with Crippen LogP contribution in [0.4, 0.5) is 4.39 Å². The van der Waals surface area contributed by atoms with E-state index in [-0.39, 0.29) is 30.8 Å². The Labute approximate surface area is 127 Å². The van der Waals surface area contributed by atoms with Crippen LogP contribution in [0.15, 0.2) is 18.2 Å². The average Bonchev–Trinajstić information content (AvgIpc) is 3.24. The van der Waals surface area contributed by atoms with Crippen molar-refractivity contribution in [3.05, 3.63) is 34.6 Å². The number of hydrogen-bond donors (Lipinski definition) is 1. The van der Waals surface area contributed by atoms with E-state index in [0.29, 0.717) is 10.6 Å². The number of carbonyl (C=O) groups excluding carboxylic acids is 2. The monoisotopic (exact) mass is 310 g/mol. The van der Waals surface area contributed by atoms with Crippen LogP contribution in [0.25, 0.3) is 0 Å². The van der Waals surface area contributed by atoms with Gasteiger partial charge in [0.1, 0.15) is 11.4 Å². The van der Waals surface area contributed by atoms with Gasteiger partial charge in [-0.3, -0.25) is 9.59 Å². The Morgan fingerprint density at radius 1 is 1.43 bits per heavy atom. The summed E-state index contributed by atoms with van der Waals surface area (Å²) in [5, 5.41) is 3.20. The molecule has 2 aliphatic rings. The molecule has 1 aliphatic heterocycles. The molecule has 0 spiro atoms. The first-order chi connectivity index (χ1) is 9.90. The van der Waals surface area contributed by atoms with Gasteiger partial charge in [0.15, 0.2) is 0 Å². The number of piperazine rings is 1. The van der Waals surface area contributed by atoms with Gasteiger partial charge in [0, 0.05) is 17.1 Å². The molecule has 0 radical (unpaired) electrons. The third-order valence-electron chi connectivity index (χ3n) is 4.23. The summed E-state index contributed by atoms with van der Waals surface area (Å²) in [6.45, 7) is 1.76. The second-order valence-electron chi connectivity index (χ2n) is 5.92. The van der Waals surface area contributed by atoms with Crippen molar-refractivity contribution in [2.24, 2.45) is 5.92 Å². The number of halogens is 2. The molecular formula is C15H16ClFN2O2. The molecule has 1 aliphatic carbocycles. The van der Waals surface area contributed by atoms with E-state index in [1.165, 1.54) is 23.1 Å². The van der Waals surface area contributed by atoms with Crippen LogP contribution < -0.4 is 5.32 Å². The number of carbonyl (C=O) groups is 2. The van der Waals surface area contributed by atoms with Gasteiger partial charge in [-0.15, -0.1) is 0 Å². The van der Waals surface area contributed by atoms with E-state index < -0.39 is 11.4 Å². The standard InChI is InChI=1S/C15H16ClFN2O2/c1-15(10-2-3-10)14(21)19(8-13(20)18-15)7-9-6-11(16)4-5-12(9)17/h4-6,10H,2-3,7-8H2,1H3,(H,18,20). The molecule has 2 fully saturated rings. The third-order valence-corrected chi connectivity index (χ3v) is 4.46. The lowest BCUT2D eigenvalue weighted by Gasteiger charge is -2.40. The number of rotatable bonds is 3. The molecule has 21 heavy (non-hydrogen) atoms. The lowest BCUT2D eigenvalue weighted by Crippen LogP contribution is -2.66. The van der Waals surface area contributed by atoms with E-state index in [9.17, 15) is 14.0 Å². The highest BCUT2D eigenvalue weighted by Gasteiger charge is 2.52. The van der Waals surface area contributed by atoms with E-state index in [0.717, 1.165) is 12.8 Å². The van der Waals surface area contributed by atoms with Crippen LogP contribution in [0.3, 0.4) is 0 Å². The minimum Gasteiger partial charge on any atom is -0.340 e. The molecule has 6 heteroatoms. The van der Waals surface area contributed by atoms with E-state index in [1.807, 2.05) is 0 Å². The zero-order valence-electron chi connectivity index (χ0n) is 11.7. The summed E-state index contributed by atoms with van der Waals surface area (Å²) in [5.74, 6) is -0.595. The number of nitrogens with zero attached hydrogens (tertiary/aromatic N) is 1. The minimum atomic E-state index is -0.857. The Hall–Kier alpha value is -1.62. The van der Waals surface area contributed by atoms with Crippen molar-refractivity contribution in [3.63, 3.8) is 0 Å². The number of hydrogen-bond acceptors (Lipinski definition) is 2. The Balaban J connectivity index is 1.85. The Morgan fingerprint density at radius 3 is 2.81 bits per heavy atom. The first-order valence-corrected chi connectivity index (χ1v) is 7.32. The summed E-state index contributed by atoms with van der Waals surface area (Å²) in [5.41, 5.74) is -0.534. The summed E-state index contributed by atoms with van der Waals surface area (Å²) in [4.78, 5) is 25.9. The number of amides is 2. The summed E-state index contributed by atoms with van der Waals surface area (Å²) in [6.07, 6.45) is 1.86. The summed E-state index contributed by atoms with van der Waals surface area (Å²) in [7, 11) is 0. The smallest absolute Gasteiger partial charge is 0.249 e. The largest absolute Gasteiger partial charge is 0.340 e. The maximum absolute atomic E-state index is 13.8. The van der Waals surface area contributed by atoms with E-state index in [1.54, 1.807) is 6.92 Å². The fourth-order valence-corrected chi connectivity index (χ4v) is 3.09. The van der Waals surface area contributed by atoms with E-state index in [4.69, 9.17) is 11.6 Å². The van der Waals surface area contributed by atoms with Crippen LogP contribution in [0, 0.1) is 11.7 Å². The third kappa shape index (κ3) is 2.62. The molecule has 1 heterocycles. The normalized spacial score (nSPS) is 26.0. The van der Waals surface area contributed by atoms with Crippen LogP contribution in [-0.2, 0) is 16.1 Å². The molecule has 1 aromatic rings. The molecular weight excluding hydrogens is 295 g/mol. The molecule has 1 unspecified atom stereocenters. The highest BCUT2D eigenvalue weighted by molar-refractivity contribution is 6.30. The highest BCUT2D eigenvalue weighted by Crippen LogP contribution is 2.41. The van der Waals surface area contributed by atoms with Crippen LogP contribution >= 0.6 is 11.6 Å². The van der Waals surface area contributed by atoms with Crippen molar-refractivity contribution >= 4 is 23.4 Å². The maximum Gasteiger partial charge on any atom is 0.249 e. The first kappa shape index (κ1) is 14.3. The van der Waals surface area contributed by atoms with Gasteiger partial charge in [-0.1, -0.05) is 11.6 Å². The zero-order chi connectivity index (χ0) is 15.2. The molecule has 1 saturated heterocycles. The van der Waals surface area contributed by atoms with Gasteiger partial charge < -0.3 is 10.2 Å². The molecule has 1 atom stereocenters. The van der Waals surface area contributed by atoms with Crippen molar-refractivity contribution in [2.45, 2.75) is 31.8 Å². The average molecular weight is 311 g/mol. The van der Waals surface area contributed by atoms with Gasteiger partial charge in [-0.05, 0) is 43.9 Å². The van der Waals surface area contributed by atoms with Crippen molar-refractivity contribution < 1.29 is 14.0 Å². The Kier molecular flexibility index (Phi) is 3.40. The fourth-order valence-electron chi connectivity index (χ4n) is 2.89. The molecule has 3 rings (SSSR count). The lowest BCUT2D eigenvalue weighted by molar-refractivity contribution is -0.150. The topological polar surface area (TPSA) is 49.4 Å². The summed E-state index contributed by atoms with van der Waals surface area (Å²) < 4.78 is 13.8. The van der Waals surface area contributed by atoms with Gasteiger partial charge in [-0.2, -0.15) is 0 Å². The SMILES string of the molecule is CC1(C2CC2)NC(=O)CN(Cc2cc(Cl)ccc2F)C1=O. The molecule has 0 bridgehead atoms.